The third-order valence-electron chi connectivity index (χ3n) is 3.38. The van der Waals surface area contributed by atoms with Crippen molar-refractivity contribution in [1.29, 1.82) is 0 Å². The maximum atomic E-state index is 12.7. The zero-order chi connectivity index (χ0) is 19.7. The number of hydrogen-bond acceptors (Lipinski definition) is 6. The number of carboxylic acid groups (broad SMARTS) is 1. The Balaban J connectivity index is 3.06. The number of nitrogens with zero attached hydrogens (tertiary/aromatic N) is 1. The molecule has 10 heteroatoms. The summed E-state index contributed by atoms with van der Waals surface area (Å²) in [5, 5.41) is 22.4. The van der Waals surface area contributed by atoms with Crippen LogP contribution in [0.3, 0.4) is 0 Å². The summed E-state index contributed by atoms with van der Waals surface area (Å²) >= 11 is 0. The minimum absolute atomic E-state index is 0.0552. The van der Waals surface area contributed by atoms with Crippen molar-refractivity contribution in [3.8, 4) is 0 Å². The molecule has 0 bridgehead atoms. The van der Waals surface area contributed by atoms with Crippen LogP contribution in [0.4, 0.5) is 10.5 Å². The Kier molecular flexibility index (Phi) is 8.44. The van der Waals surface area contributed by atoms with Gasteiger partial charge in [0.1, 0.15) is 0 Å². The highest BCUT2D eigenvalue weighted by Crippen LogP contribution is 2.55. The largest absolute Gasteiger partial charge is 0.465 e. The van der Waals surface area contributed by atoms with Gasteiger partial charge < -0.3 is 19.5 Å². The summed E-state index contributed by atoms with van der Waals surface area (Å²) in [6.45, 7) is 5.29. The Labute approximate surface area is 151 Å². The highest BCUT2D eigenvalue weighted by Gasteiger charge is 2.27. The summed E-state index contributed by atoms with van der Waals surface area (Å²) in [6, 6.07) is 5.07. The van der Waals surface area contributed by atoms with E-state index in [1.165, 1.54) is 18.2 Å². The van der Waals surface area contributed by atoms with Crippen LogP contribution >= 0.6 is 7.60 Å². The summed E-state index contributed by atoms with van der Waals surface area (Å²) in [7, 11) is -3.49. The second-order valence-corrected chi connectivity index (χ2v) is 7.54. The zero-order valence-corrected chi connectivity index (χ0v) is 15.8. The number of benzene rings is 1. The molecule has 0 radical (unpaired) electrons. The average molecular weight is 386 g/mol. The molecule has 1 amide bonds. The van der Waals surface area contributed by atoms with Crippen LogP contribution in [0.2, 0.25) is 0 Å². The molecule has 26 heavy (non-hydrogen) atoms. The van der Waals surface area contributed by atoms with Gasteiger partial charge in [0.2, 0.25) is 0 Å². The molecule has 0 spiro atoms. The number of nitro groups is 1. The van der Waals surface area contributed by atoms with Gasteiger partial charge in [-0.2, -0.15) is 0 Å². The van der Waals surface area contributed by atoms with Crippen molar-refractivity contribution in [1.82, 2.24) is 5.32 Å². The van der Waals surface area contributed by atoms with E-state index in [1.54, 1.807) is 32.9 Å². The molecule has 0 aliphatic heterocycles. The van der Waals surface area contributed by atoms with E-state index in [9.17, 15) is 19.5 Å². The van der Waals surface area contributed by atoms with Crippen molar-refractivity contribution in [2.75, 3.05) is 13.2 Å². The van der Waals surface area contributed by atoms with Crippen LogP contribution in [0.1, 0.15) is 26.3 Å². The third kappa shape index (κ3) is 6.59. The first kappa shape index (κ1) is 21.8. The van der Waals surface area contributed by atoms with Crippen LogP contribution in [0.25, 0.3) is 0 Å². The Morgan fingerprint density at radius 1 is 1.31 bits per heavy atom. The lowest BCUT2D eigenvalue weighted by atomic mass is 10.1. The quantitative estimate of drug-likeness (QED) is 0.354. The number of nitrogens with one attached hydrogen (secondary N) is 1. The molecule has 0 fully saturated rings. The van der Waals surface area contributed by atoms with Gasteiger partial charge in [0.25, 0.3) is 5.69 Å². The summed E-state index contributed by atoms with van der Waals surface area (Å²) in [5.74, 6) is 0. The molecular formula is C16H23N2O7P. The minimum atomic E-state index is -3.49. The predicted octanol–water partition coefficient (Wildman–Crippen LogP) is 3.94. The van der Waals surface area contributed by atoms with Gasteiger partial charge in [-0.1, -0.05) is 18.2 Å². The summed E-state index contributed by atoms with van der Waals surface area (Å²) in [5.41, 5.74) is 0.626. The van der Waals surface area contributed by atoms with E-state index in [1.807, 2.05) is 0 Å². The molecule has 2 N–H and O–H groups in total. The van der Waals surface area contributed by atoms with E-state index in [0.717, 1.165) is 0 Å². The van der Waals surface area contributed by atoms with Gasteiger partial charge in [0.05, 0.1) is 24.2 Å². The lowest BCUT2D eigenvalue weighted by Gasteiger charge is -2.20. The van der Waals surface area contributed by atoms with Gasteiger partial charge in [0, 0.05) is 17.4 Å². The van der Waals surface area contributed by atoms with Crippen molar-refractivity contribution in [2.45, 2.75) is 33.2 Å². The maximum Gasteiger partial charge on any atom is 0.405 e. The zero-order valence-electron chi connectivity index (χ0n) is 14.9. The molecule has 1 atom stereocenters. The number of amides is 1. The number of allylic oxidation sites excluding steroid dienone is 1. The molecule has 0 aromatic heterocycles. The van der Waals surface area contributed by atoms with Crippen LogP contribution in [-0.4, -0.2) is 35.4 Å². The molecule has 1 unspecified atom stereocenters. The van der Waals surface area contributed by atoms with E-state index < -0.39 is 24.7 Å². The molecule has 0 aliphatic carbocycles. The van der Waals surface area contributed by atoms with E-state index >= 15 is 0 Å². The molecule has 1 rings (SSSR count). The first-order valence-corrected chi connectivity index (χ1v) is 9.57. The molecular weight excluding hydrogens is 363 g/mol. The fourth-order valence-electron chi connectivity index (χ4n) is 2.28. The Morgan fingerprint density at radius 2 is 1.85 bits per heavy atom. The molecule has 0 saturated carbocycles. The topological polar surface area (TPSA) is 128 Å². The number of hydrogen-bond donors (Lipinski definition) is 2. The minimum Gasteiger partial charge on any atom is -0.465 e. The molecule has 144 valence electrons. The fourth-order valence-corrected chi connectivity index (χ4v) is 3.81. The molecule has 0 aliphatic rings. The number of non-ortho nitro benzene ring substituents is 1. The second-order valence-electron chi connectivity index (χ2n) is 5.32. The van der Waals surface area contributed by atoms with Crippen molar-refractivity contribution < 1.29 is 28.4 Å². The predicted molar refractivity (Wildman–Crippen MR) is 96.4 cm³/mol. The van der Waals surface area contributed by atoms with Crippen molar-refractivity contribution in [2.24, 2.45) is 0 Å². The lowest BCUT2D eigenvalue weighted by Crippen LogP contribution is -2.34. The van der Waals surface area contributed by atoms with Crippen molar-refractivity contribution in [3.05, 3.63) is 51.3 Å². The van der Waals surface area contributed by atoms with E-state index in [2.05, 4.69) is 5.32 Å². The van der Waals surface area contributed by atoms with Crippen LogP contribution < -0.4 is 5.32 Å². The second kappa shape index (κ2) is 10.1. The van der Waals surface area contributed by atoms with Crippen LogP contribution in [-0.2, 0) is 20.0 Å². The average Bonchev–Trinajstić information content (AvgIpc) is 2.55. The summed E-state index contributed by atoms with van der Waals surface area (Å²) in [4.78, 5) is 21.3. The number of nitro benzene ring substituents is 1. The molecule has 1 aromatic rings. The Morgan fingerprint density at radius 3 is 2.27 bits per heavy atom. The van der Waals surface area contributed by atoms with Gasteiger partial charge in [0.15, 0.2) is 0 Å². The van der Waals surface area contributed by atoms with E-state index in [4.69, 9.17) is 14.2 Å². The fraction of sp³-hybridized carbons (Fsp3) is 0.438. The third-order valence-corrected chi connectivity index (χ3v) is 5.59. The summed E-state index contributed by atoms with van der Waals surface area (Å²) < 4.78 is 23.2. The van der Waals surface area contributed by atoms with Crippen molar-refractivity contribution in [3.63, 3.8) is 0 Å². The summed E-state index contributed by atoms with van der Waals surface area (Å²) in [6.07, 6.45) is 0.463. The van der Waals surface area contributed by atoms with Crippen molar-refractivity contribution >= 4 is 19.4 Å². The number of carbonyl (C=O) groups is 1. The van der Waals surface area contributed by atoms with Gasteiger partial charge >= 0.3 is 13.7 Å². The van der Waals surface area contributed by atoms with Gasteiger partial charge in [-0.05, 0) is 32.8 Å². The van der Waals surface area contributed by atoms with E-state index in [0.29, 0.717) is 10.9 Å². The van der Waals surface area contributed by atoms with Crippen LogP contribution in [0.5, 0.6) is 0 Å². The van der Waals surface area contributed by atoms with E-state index in [-0.39, 0.29) is 25.3 Å². The molecule has 1 aromatic carbocycles. The first-order valence-electron chi connectivity index (χ1n) is 8.02. The highest BCUT2D eigenvalue weighted by molar-refractivity contribution is 7.58. The lowest BCUT2D eigenvalue weighted by molar-refractivity contribution is -0.384. The first-order chi connectivity index (χ1) is 12.2. The van der Waals surface area contributed by atoms with Gasteiger partial charge in [-0.15, -0.1) is 0 Å². The SMILES string of the molecule is CCOP(=O)(OCC)C(C)=CC(Cc1ccc([N+](=O)[O-])cc1)NC(=O)O. The standard InChI is InChI=1S/C16H23N2O7P/c1-4-24-26(23,25-5-2)12(3)10-14(17-16(19)20)11-13-6-8-15(9-7-13)18(21)22/h6-10,14,17H,4-5,11H2,1-3H3,(H,19,20). The van der Waals surface area contributed by atoms with Crippen LogP contribution in [0, 0.1) is 10.1 Å². The number of rotatable bonds is 10. The monoisotopic (exact) mass is 386 g/mol. The van der Waals surface area contributed by atoms with Gasteiger partial charge in [-0.25, -0.2) is 4.79 Å². The Hall–Kier alpha value is -2.22. The normalized spacial score (nSPS) is 13.3. The molecule has 0 heterocycles. The Bertz CT molecular complexity index is 693. The molecule has 9 nitrogen and oxygen atoms in total. The smallest absolute Gasteiger partial charge is 0.405 e. The van der Waals surface area contributed by atoms with Crippen LogP contribution in [0.15, 0.2) is 35.7 Å². The molecule has 0 saturated heterocycles. The van der Waals surface area contributed by atoms with Gasteiger partial charge in [-0.3, -0.25) is 14.7 Å². The maximum absolute atomic E-state index is 12.7. The highest BCUT2D eigenvalue weighted by atomic mass is 31.2.